The minimum atomic E-state index is -0.798. The van der Waals surface area contributed by atoms with Crippen molar-refractivity contribution in [1.29, 1.82) is 0 Å². The maximum atomic E-state index is 7.44. The second-order valence-electron chi connectivity index (χ2n) is 28.2. The van der Waals surface area contributed by atoms with Gasteiger partial charge in [-0.2, -0.15) is 6.07 Å². The van der Waals surface area contributed by atoms with Gasteiger partial charge >= 0.3 is 0 Å². The van der Waals surface area contributed by atoms with Crippen LogP contribution in [0.4, 0.5) is 22.7 Å². The molecule has 0 bridgehead atoms. The number of nitrogens with zero attached hydrogens (tertiary/aromatic N) is 4. The molecule has 2 aliphatic rings. The van der Waals surface area contributed by atoms with Gasteiger partial charge in [0.1, 0.15) is 5.82 Å². The van der Waals surface area contributed by atoms with Crippen molar-refractivity contribution >= 4 is 44.6 Å². The van der Waals surface area contributed by atoms with Gasteiger partial charge in [-0.25, -0.2) is 4.98 Å². The van der Waals surface area contributed by atoms with Crippen LogP contribution in [0.3, 0.4) is 0 Å². The zero-order chi connectivity index (χ0) is 61.1. The summed E-state index contributed by atoms with van der Waals surface area (Å²) in [6.45, 7) is 29.7. The first-order chi connectivity index (χ1) is 42.1. The number of pyridine rings is 1. The number of rotatable bonds is 9. The molecule has 2 aromatic heterocycles. The molecular formula is C83H75N4OPt-3. The topological polar surface area (TPSA) is 33.5 Å². The summed E-state index contributed by atoms with van der Waals surface area (Å²) in [5.41, 5.74) is 21.6. The number of hydrogen-bond acceptors (Lipinski definition) is 4. The quantitative estimate of drug-likeness (QED) is 0.135. The van der Waals surface area contributed by atoms with Crippen LogP contribution in [-0.2, 0) is 48.1 Å². The number of benzene rings is 10. The molecule has 0 radical (unpaired) electrons. The molecule has 446 valence electrons. The van der Waals surface area contributed by atoms with Crippen LogP contribution >= 0.6 is 0 Å². The van der Waals surface area contributed by atoms with Gasteiger partial charge in [-0.15, -0.1) is 53.6 Å². The molecule has 1 aliphatic carbocycles. The Morgan fingerprint density at radius 1 is 0.416 bits per heavy atom. The molecule has 1 unspecified atom stereocenters. The predicted octanol–water partition coefficient (Wildman–Crippen LogP) is 21.9. The van der Waals surface area contributed by atoms with Gasteiger partial charge in [-0.1, -0.05) is 246 Å². The zero-order valence-corrected chi connectivity index (χ0v) is 55.3. The van der Waals surface area contributed by atoms with E-state index >= 15 is 0 Å². The number of anilines is 4. The van der Waals surface area contributed by atoms with Gasteiger partial charge in [0.05, 0.1) is 0 Å². The third kappa shape index (κ3) is 10.3. The van der Waals surface area contributed by atoms with Crippen molar-refractivity contribution in [2.75, 3.05) is 9.80 Å². The molecule has 10 aromatic carbocycles. The Kier molecular flexibility index (Phi) is 14.7. The SMILES string of the molecule is CC(C)(C)c1ccc(C2(c3cc(Oc4[c-]c5c(cc4)c4ccccc4n5-c4cc(C(C)(C)C)ccn4)[c-]c(N4[CH-]N(c5c(-c6ccccc6)cc(C(C)(C)C)cc5-c5ccccc5)c5ccccc54)c3)c3ccccc3-c3cc(C(C)(C)C)ccc32)cc1.[Pt]. The summed E-state index contributed by atoms with van der Waals surface area (Å²) < 4.78 is 9.67. The summed E-state index contributed by atoms with van der Waals surface area (Å²) in [5, 5.41) is 2.19. The maximum Gasteiger partial charge on any atom is 0.135 e. The van der Waals surface area contributed by atoms with Crippen molar-refractivity contribution in [3.8, 4) is 50.7 Å². The Morgan fingerprint density at radius 3 is 1.62 bits per heavy atom. The second kappa shape index (κ2) is 22.1. The van der Waals surface area contributed by atoms with E-state index in [9.17, 15) is 0 Å². The smallest absolute Gasteiger partial charge is 0.135 e. The molecule has 5 nitrogen and oxygen atoms in total. The van der Waals surface area contributed by atoms with Crippen LogP contribution in [0, 0.1) is 18.8 Å². The molecule has 12 aromatic rings. The summed E-state index contributed by atoms with van der Waals surface area (Å²) >= 11 is 0. The van der Waals surface area contributed by atoms with E-state index in [1.54, 1.807) is 0 Å². The minimum Gasteiger partial charge on any atom is -0.509 e. The van der Waals surface area contributed by atoms with Crippen molar-refractivity contribution in [3.63, 3.8) is 0 Å². The zero-order valence-electron chi connectivity index (χ0n) is 53.0. The van der Waals surface area contributed by atoms with E-state index in [1.165, 1.54) is 50.1 Å². The predicted molar refractivity (Wildman–Crippen MR) is 367 cm³/mol. The molecule has 0 saturated heterocycles. The van der Waals surface area contributed by atoms with Crippen LogP contribution < -0.4 is 14.5 Å². The first-order valence-electron chi connectivity index (χ1n) is 31.0. The molecule has 0 fully saturated rings. The van der Waals surface area contributed by atoms with Gasteiger partial charge in [0.25, 0.3) is 0 Å². The summed E-state index contributed by atoms with van der Waals surface area (Å²) in [6.07, 6.45) is 1.93. The molecule has 14 rings (SSSR count). The van der Waals surface area contributed by atoms with Gasteiger partial charge in [-0.05, 0) is 131 Å². The second-order valence-corrected chi connectivity index (χ2v) is 28.2. The fourth-order valence-electron chi connectivity index (χ4n) is 13.5. The molecule has 3 heterocycles. The first-order valence-corrected chi connectivity index (χ1v) is 31.0. The molecular weight excluding hydrogens is 1260 g/mol. The van der Waals surface area contributed by atoms with Gasteiger partial charge in [0.15, 0.2) is 0 Å². The van der Waals surface area contributed by atoms with Crippen molar-refractivity contribution in [2.24, 2.45) is 0 Å². The number of ether oxygens (including phenoxy) is 1. The summed E-state index contributed by atoms with van der Waals surface area (Å²) in [4.78, 5) is 9.76. The largest absolute Gasteiger partial charge is 0.509 e. The van der Waals surface area contributed by atoms with E-state index in [-0.39, 0.29) is 42.7 Å². The van der Waals surface area contributed by atoms with Crippen LogP contribution in [0.5, 0.6) is 11.5 Å². The van der Waals surface area contributed by atoms with Gasteiger partial charge < -0.3 is 19.1 Å². The number of para-hydroxylation sites is 3. The van der Waals surface area contributed by atoms with Crippen molar-refractivity contribution < 1.29 is 25.8 Å². The van der Waals surface area contributed by atoms with Gasteiger partial charge in [-0.3, -0.25) is 0 Å². The molecule has 89 heavy (non-hydrogen) atoms. The molecule has 0 amide bonds. The van der Waals surface area contributed by atoms with Crippen LogP contribution in [0.25, 0.3) is 61.0 Å². The number of hydrogen-bond donors (Lipinski definition) is 0. The van der Waals surface area contributed by atoms with Crippen molar-refractivity contribution in [2.45, 2.75) is 110 Å². The van der Waals surface area contributed by atoms with Crippen LogP contribution in [0.15, 0.2) is 231 Å². The van der Waals surface area contributed by atoms with E-state index in [1.807, 2.05) is 6.20 Å². The van der Waals surface area contributed by atoms with Crippen LogP contribution in [0.2, 0.25) is 0 Å². The molecule has 1 aliphatic heterocycles. The van der Waals surface area contributed by atoms with Gasteiger partial charge in [0, 0.05) is 77.9 Å². The third-order valence-electron chi connectivity index (χ3n) is 18.3. The average Bonchev–Trinajstić information content (AvgIpc) is 1.68. The third-order valence-corrected chi connectivity index (χ3v) is 18.3. The average molecular weight is 1340 g/mol. The normalized spacial score (nSPS) is 14.8. The van der Waals surface area contributed by atoms with E-state index in [2.05, 4.69) is 341 Å². The number of fused-ring (bicyclic) bond motifs is 7. The van der Waals surface area contributed by atoms with E-state index in [0.717, 1.165) is 78.2 Å². The monoisotopic (exact) mass is 1340 g/mol. The van der Waals surface area contributed by atoms with E-state index in [0.29, 0.717) is 11.5 Å². The standard InChI is InChI=1S/C83H75N4O.Pt/c1-79(2,3)56-35-37-57(38-36-56)83(71-31-21-19-29-65(71)70-47-58(80(4,5)6)39-42-72(70)83)61-45-62(51-64(46-61)88-63-40-41-67-66-30-20-22-32-73(66)87(76(67)52-63)77-50-59(43-44-84-77)81(7,8)9)85-53-86(75-34-24-23-33-74(75)85)78-68(54-25-15-13-16-26-54)48-60(82(10,11)12)49-69(78)55-27-17-14-18-28-55;/h13-50,53H,1-12H3;/q-3;. The Hall–Kier alpha value is -8.76. The first kappa shape index (κ1) is 59.2. The van der Waals surface area contributed by atoms with Gasteiger partial charge in [0.2, 0.25) is 0 Å². The Bertz CT molecular complexity index is 4610. The molecule has 0 N–H and O–H groups in total. The molecule has 0 spiro atoms. The fraction of sp³-hybridized carbons (Fsp3) is 0.205. The van der Waals surface area contributed by atoms with E-state index in [4.69, 9.17) is 9.72 Å². The molecule has 6 heteroatoms. The van der Waals surface area contributed by atoms with Crippen LogP contribution in [-0.4, -0.2) is 9.55 Å². The minimum absolute atomic E-state index is 0. The Balaban J connectivity index is 0.00000729. The van der Waals surface area contributed by atoms with Crippen LogP contribution in [0.1, 0.15) is 128 Å². The number of aromatic nitrogens is 2. The Labute approximate surface area is 541 Å². The van der Waals surface area contributed by atoms with Crippen molar-refractivity contribution in [1.82, 2.24) is 9.55 Å². The maximum absolute atomic E-state index is 7.44. The van der Waals surface area contributed by atoms with Crippen molar-refractivity contribution in [3.05, 3.63) is 294 Å². The summed E-state index contributed by atoms with van der Waals surface area (Å²) in [5.74, 6) is 1.97. The molecule has 0 saturated carbocycles. The summed E-state index contributed by atoms with van der Waals surface area (Å²) in [7, 11) is 0. The van der Waals surface area contributed by atoms with E-state index < -0.39 is 5.41 Å². The Morgan fingerprint density at radius 2 is 0.966 bits per heavy atom. The summed E-state index contributed by atoms with van der Waals surface area (Å²) in [6, 6.07) is 90.6. The fourth-order valence-corrected chi connectivity index (χ4v) is 13.5. The molecule has 1 atom stereocenters.